The van der Waals surface area contributed by atoms with E-state index in [1.807, 2.05) is 0 Å². The highest BCUT2D eigenvalue weighted by atomic mass is 35.5. The minimum Gasteiger partial charge on any atom is -0.393 e. The zero-order chi connectivity index (χ0) is 13.0. The van der Waals surface area contributed by atoms with Gasteiger partial charge in [0.1, 0.15) is 0 Å². The standard InChI is InChI=1S/C11H12Cl2N2OS/c1-15(6-5-9(14)17)11(16)7-3-2-4-8(12)10(7)13/h2-4H,5-6H2,1H3,(H2,14,17). The van der Waals surface area contributed by atoms with E-state index in [2.05, 4.69) is 0 Å². The molecule has 17 heavy (non-hydrogen) atoms. The first-order valence-electron chi connectivity index (χ1n) is 4.91. The summed E-state index contributed by atoms with van der Waals surface area (Å²) in [5, 5.41) is 0.626. The molecule has 6 heteroatoms. The van der Waals surface area contributed by atoms with E-state index >= 15 is 0 Å². The molecule has 1 amide bonds. The van der Waals surface area contributed by atoms with Gasteiger partial charge in [-0.15, -0.1) is 0 Å². The highest BCUT2D eigenvalue weighted by Crippen LogP contribution is 2.26. The van der Waals surface area contributed by atoms with Gasteiger partial charge < -0.3 is 10.6 Å². The van der Waals surface area contributed by atoms with Crippen molar-refractivity contribution >= 4 is 46.3 Å². The molecule has 92 valence electrons. The van der Waals surface area contributed by atoms with Crippen LogP contribution in [0.4, 0.5) is 0 Å². The Balaban J connectivity index is 2.82. The lowest BCUT2D eigenvalue weighted by Crippen LogP contribution is -2.30. The molecule has 1 aromatic carbocycles. The third-order valence-electron chi connectivity index (χ3n) is 2.22. The average Bonchev–Trinajstić information content (AvgIpc) is 2.28. The number of carbonyl (C=O) groups excluding carboxylic acids is 1. The minimum absolute atomic E-state index is 0.200. The van der Waals surface area contributed by atoms with Gasteiger partial charge >= 0.3 is 0 Å². The number of nitrogens with two attached hydrogens (primary N) is 1. The molecule has 0 saturated carbocycles. The number of thiocarbonyl (C=S) groups is 1. The molecule has 0 aliphatic carbocycles. The fourth-order valence-corrected chi connectivity index (χ4v) is 1.73. The van der Waals surface area contributed by atoms with Crippen molar-refractivity contribution in [3.8, 4) is 0 Å². The largest absolute Gasteiger partial charge is 0.393 e. The van der Waals surface area contributed by atoms with Gasteiger partial charge in [0.25, 0.3) is 5.91 Å². The van der Waals surface area contributed by atoms with Crippen molar-refractivity contribution < 1.29 is 4.79 Å². The SMILES string of the molecule is CN(CCC(N)=S)C(=O)c1cccc(Cl)c1Cl. The van der Waals surface area contributed by atoms with Crippen LogP contribution in [0.25, 0.3) is 0 Å². The first kappa shape index (κ1) is 14.2. The predicted molar refractivity (Wildman–Crippen MR) is 74.8 cm³/mol. The Morgan fingerprint density at radius 3 is 2.71 bits per heavy atom. The zero-order valence-electron chi connectivity index (χ0n) is 9.24. The Bertz CT molecular complexity index is 451. The van der Waals surface area contributed by atoms with Crippen molar-refractivity contribution in [1.82, 2.24) is 4.90 Å². The topological polar surface area (TPSA) is 46.3 Å². The summed E-state index contributed by atoms with van der Waals surface area (Å²) in [5.41, 5.74) is 5.76. The molecular weight excluding hydrogens is 279 g/mol. The van der Waals surface area contributed by atoms with Crippen LogP contribution in [0.5, 0.6) is 0 Å². The summed E-state index contributed by atoms with van der Waals surface area (Å²) < 4.78 is 0. The van der Waals surface area contributed by atoms with E-state index in [9.17, 15) is 4.79 Å². The summed E-state index contributed by atoms with van der Waals surface area (Å²) in [6.07, 6.45) is 0.482. The van der Waals surface area contributed by atoms with Gasteiger partial charge in [0, 0.05) is 20.0 Å². The monoisotopic (exact) mass is 290 g/mol. The molecule has 2 N–H and O–H groups in total. The van der Waals surface area contributed by atoms with E-state index in [-0.39, 0.29) is 10.9 Å². The van der Waals surface area contributed by atoms with Gasteiger partial charge in [-0.05, 0) is 12.1 Å². The van der Waals surface area contributed by atoms with Crippen LogP contribution < -0.4 is 5.73 Å². The molecule has 0 saturated heterocycles. The maximum absolute atomic E-state index is 12.0. The molecule has 0 fully saturated rings. The molecule has 0 aromatic heterocycles. The molecule has 0 unspecified atom stereocenters. The number of hydrogen-bond acceptors (Lipinski definition) is 2. The van der Waals surface area contributed by atoms with E-state index in [1.54, 1.807) is 25.2 Å². The fraction of sp³-hybridized carbons (Fsp3) is 0.273. The number of amides is 1. The molecule has 1 aromatic rings. The number of rotatable bonds is 4. The van der Waals surface area contributed by atoms with Crippen LogP contribution in [0.15, 0.2) is 18.2 Å². The molecular formula is C11H12Cl2N2OS. The molecule has 0 spiro atoms. The third kappa shape index (κ3) is 3.84. The van der Waals surface area contributed by atoms with Gasteiger partial charge in [-0.2, -0.15) is 0 Å². The summed E-state index contributed by atoms with van der Waals surface area (Å²) in [5.74, 6) is -0.200. The number of benzene rings is 1. The third-order valence-corrected chi connectivity index (χ3v) is 3.25. The maximum Gasteiger partial charge on any atom is 0.255 e. The number of halogens is 2. The zero-order valence-corrected chi connectivity index (χ0v) is 11.6. The van der Waals surface area contributed by atoms with Gasteiger partial charge in [-0.1, -0.05) is 41.5 Å². The smallest absolute Gasteiger partial charge is 0.255 e. The van der Waals surface area contributed by atoms with Gasteiger partial charge in [0.15, 0.2) is 0 Å². The van der Waals surface area contributed by atoms with Gasteiger partial charge in [0.2, 0.25) is 0 Å². The van der Waals surface area contributed by atoms with Crippen LogP contribution in [-0.2, 0) is 0 Å². The van der Waals surface area contributed by atoms with Crippen molar-refractivity contribution in [2.24, 2.45) is 5.73 Å². The van der Waals surface area contributed by atoms with Crippen LogP contribution in [0.3, 0.4) is 0 Å². The highest BCUT2D eigenvalue weighted by Gasteiger charge is 2.16. The van der Waals surface area contributed by atoms with Crippen LogP contribution in [0, 0.1) is 0 Å². The molecule has 0 atom stereocenters. The normalized spacial score (nSPS) is 10.1. The number of carbonyl (C=O) groups is 1. The lowest BCUT2D eigenvalue weighted by atomic mass is 10.2. The number of hydrogen-bond donors (Lipinski definition) is 1. The molecule has 0 aliphatic heterocycles. The second-order valence-corrected chi connectivity index (χ2v) is 4.85. The molecule has 0 bridgehead atoms. The van der Waals surface area contributed by atoms with Gasteiger partial charge in [-0.3, -0.25) is 4.79 Å². The molecule has 1 rings (SSSR count). The van der Waals surface area contributed by atoms with Gasteiger partial charge in [0.05, 0.1) is 20.6 Å². The highest BCUT2D eigenvalue weighted by molar-refractivity contribution is 7.80. The van der Waals surface area contributed by atoms with E-state index < -0.39 is 0 Å². The average molecular weight is 291 g/mol. The van der Waals surface area contributed by atoms with Crippen LogP contribution in [0.2, 0.25) is 10.0 Å². The molecule has 0 heterocycles. The van der Waals surface area contributed by atoms with Crippen LogP contribution in [0.1, 0.15) is 16.8 Å². The van der Waals surface area contributed by atoms with E-state index in [1.165, 1.54) is 4.90 Å². The quantitative estimate of drug-likeness (QED) is 0.868. The molecule has 0 radical (unpaired) electrons. The van der Waals surface area contributed by atoms with Crippen molar-refractivity contribution in [3.05, 3.63) is 33.8 Å². The Morgan fingerprint density at radius 1 is 1.47 bits per heavy atom. The molecule has 0 aliphatic rings. The van der Waals surface area contributed by atoms with Crippen molar-refractivity contribution in [2.75, 3.05) is 13.6 Å². The van der Waals surface area contributed by atoms with E-state index in [0.29, 0.717) is 28.5 Å². The van der Waals surface area contributed by atoms with Crippen LogP contribution >= 0.6 is 35.4 Å². The molecule has 3 nitrogen and oxygen atoms in total. The first-order chi connectivity index (χ1) is 7.93. The lowest BCUT2D eigenvalue weighted by molar-refractivity contribution is 0.0799. The van der Waals surface area contributed by atoms with Gasteiger partial charge in [-0.25, -0.2) is 0 Å². The van der Waals surface area contributed by atoms with E-state index in [0.717, 1.165) is 0 Å². The summed E-state index contributed by atoms with van der Waals surface area (Å²) in [7, 11) is 1.66. The Labute approximate surface area is 115 Å². The summed E-state index contributed by atoms with van der Waals surface area (Å²) in [4.78, 5) is 13.9. The Morgan fingerprint density at radius 2 is 2.12 bits per heavy atom. The second kappa shape index (κ2) is 6.19. The van der Waals surface area contributed by atoms with Crippen LogP contribution in [-0.4, -0.2) is 29.4 Å². The van der Waals surface area contributed by atoms with Crippen molar-refractivity contribution in [2.45, 2.75) is 6.42 Å². The Kier molecular flexibility index (Phi) is 5.18. The lowest BCUT2D eigenvalue weighted by Gasteiger charge is -2.17. The fourth-order valence-electron chi connectivity index (χ4n) is 1.25. The van der Waals surface area contributed by atoms with Crippen molar-refractivity contribution in [1.29, 1.82) is 0 Å². The maximum atomic E-state index is 12.0. The second-order valence-electron chi connectivity index (χ2n) is 3.54. The summed E-state index contributed by atoms with van der Waals surface area (Å²) in [6, 6.07) is 4.95. The first-order valence-corrected chi connectivity index (χ1v) is 6.07. The summed E-state index contributed by atoms with van der Waals surface area (Å²) >= 11 is 16.6. The predicted octanol–water partition coefficient (Wildman–Crippen LogP) is 2.74. The number of nitrogens with zero attached hydrogens (tertiary/aromatic N) is 1. The van der Waals surface area contributed by atoms with Crippen molar-refractivity contribution in [3.63, 3.8) is 0 Å². The Hall–Kier alpha value is -0.840. The summed E-state index contributed by atoms with van der Waals surface area (Å²) in [6.45, 7) is 0.455. The van der Waals surface area contributed by atoms with E-state index in [4.69, 9.17) is 41.2 Å². The minimum atomic E-state index is -0.200.